The number of hydrogen-bond acceptors (Lipinski definition) is 4. The Bertz CT molecular complexity index is 787. The van der Waals surface area contributed by atoms with Crippen molar-refractivity contribution < 1.29 is 13.2 Å². The summed E-state index contributed by atoms with van der Waals surface area (Å²) in [4.78, 5) is 17.3. The van der Waals surface area contributed by atoms with Gasteiger partial charge in [-0.05, 0) is 55.9 Å². The average Bonchev–Trinajstić information content (AvgIpc) is 2.65. The second-order valence-electron chi connectivity index (χ2n) is 8.62. The largest absolute Gasteiger partial charge is 0.377 e. The predicted octanol–water partition coefficient (Wildman–Crippen LogP) is 4.71. The van der Waals surface area contributed by atoms with Crippen molar-refractivity contribution in [3.05, 3.63) is 23.8 Å². The van der Waals surface area contributed by atoms with E-state index in [9.17, 15) is 13.2 Å². The maximum absolute atomic E-state index is 13.3. The second kappa shape index (κ2) is 11.6. The van der Waals surface area contributed by atoms with Crippen LogP contribution in [0.5, 0.6) is 0 Å². The van der Waals surface area contributed by atoms with Gasteiger partial charge in [0.25, 0.3) is 0 Å². The summed E-state index contributed by atoms with van der Waals surface area (Å²) in [6, 6.07) is 5.64. The van der Waals surface area contributed by atoms with Crippen molar-refractivity contribution in [2.24, 2.45) is 11.8 Å². The number of amides is 1. The monoisotopic (exact) mass is 439 g/mol. The highest BCUT2D eigenvalue weighted by Crippen LogP contribution is 2.28. The number of nitrogens with zero attached hydrogens (tertiary/aromatic N) is 2. The fourth-order valence-corrected chi connectivity index (χ4v) is 4.68. The van der Waals surface area contributed by atoms with Crippen LogP contribution in [0.3, 0.4) is 0 Å². The molecule has 0 saturated carbocycles. The van der Waals surface area contributed by atoms with Crippen LogP contribution in [0.2, 0.25) is 0 Å². The zero-order valence-corrected chi connectivity index (χ0v) is 20.8. The molecule has 6 nitrogen and oxygen atoms in total. The van der Waals surface area contributed by atoms with Gasteiger partial charge in [-0.2, -0.15) is 0 Å². The molecule has 7 heteroatoms. The van der Waals surface area contributed by atoms with E-state index >= 15 is 0 Å². The van der Waals surface area contributed by atoms with E-state index in [1.165, 1.54) is 0 Å². The van der Waals surface area contributed by atoms with E-state index in [4.69, 9.17) is 0 Å². The summed E-state index contributed by atoms with van der Waals surface area (Å²) in [6.45, 7) is 12.7. The van der Waals surface area contributed by atoms with Gasteiger partial charge in [-0.25, -0.2) is 8.42 Å². The van der Waals surface area contributed by atoms with E-state index in [0.29, 0.717) is 24.6 Å². The fourth-order valence-electron chi connectivity index (χ4n) is 3.55. The summed E-state index contributed by atoms with van der Waals surface area (Å²) in [5.74, 6) is 0.571. The maximum atomic E-state index is 13.3. The third kappa shape index (κ3) is 7.18. The molecule has 1 atom stereocenters. The normalized spacial score (nSPS) is 12.9. The molecule has 0 aliphatic rings. The van der Waals surface area contributed by atoms with Gasteiger partial charge in [0.15, 0.2) is 0 Å². The van der Waals surface area contributed by atoms with Crippen LogP contribution in [0.25, 0.3) is 0 Å². The molecule has 0 aromatic heterocycles. The average molecular weight is 440 g/mol. The van der Waals surface area contributed by atoms with Crippen molar-refractivity contribution in [3.8, 4) is 0 Å². The van der Waals surface area contributed by atoms with Crippen LogP contribution < -0.4 is 9.62 Å². The molecule has 1 unspecified atom stereocenters. The number of hydrogen-bond donors (Lipinski definition) is 1. The summed E-state index contributed by atoms with van der Waals surface area (Å²) >= 11 is 0. The summed E-state index contributed by atoms with van der Waals surface area (Å²) in [7, 11) is 0.539. The summed E-state index contributed by atoms with van der Waals surface area (Å²) in [5, 5.41) is 0. The van der Waals surface area contributed by atoms with Crippen LogP contribution in [-0.2, 0) is 21.4 Å². The molecule has 0 bridgehead atoms. The van der Waals surface area contributed by atoms with E-state index in [-0.39, 0.29) is 23.6 Å². The zero-order chi connectivity index (χ0) is 23.1. The van der Waals surface area contributed by atoms with Gasteiger partial charge < -0.3 is 9.80 Å². The van der Waals surface area contributed by atoms with Gasteiger partial charge in [-0.1, -0.05) is 34.6 Å². The van der Waals surface area contributed by atoms with Gasteiger partial charge in [-0.3, -0.25) is 9.52 Å². The van der Waals surface area contributed by atoms with Gasteiger partial charge in [0.2, 0.25) is 15.9 Å². The molecule has 1 N–H and O–H groups in total. The predicted molar refractivity (Wildman–Crippen MR) is 127 cm³/mol. The molecule has 30 heavy (non-hydrogen) atoms. The molecule has 0 saturated heterocycles. The molecule has 1 aromatic carbocycles. The lowest BCUT2D eigenvalue weighted by atomic mass is 9.97. The number of anilines is 2. The molecule has 0 aliphatic heterocycles. The van der Waals surface area contributed by atoms with E-state index in [0.717, 1.165) is 24.1 Å². The molecule has 0 aliphatic carbocycles. The third-order valence-electron chi connectivity index (χ3n) is 5.72. The Morgan fingerprint density at radius 1 is 1.07 bits per heavy atom. The van der Waals surface area contributed by atoms with Crippen molar-refractivity contribution >= 4 is 27.3 Å². The quantitative estimate of drug-likeness (QED) is 0.512. The fraction of sp³-hybridized carbons (Fsp3) is 0.696. The van der Waals surface area contributed by atoms with Gasteiger partial charge in [0.1, 0.15) is 0 Å². The van der Waals surface area contributed by atoms with Crippen molar-refractivity contribution in [2.75, 3.05) is 29.5 Å². The van der Waals surface area contributed by atoms with Crippen molar-refractivity contribution in [1.82, 2.24) is 4.90 Å². The van der Waals surface area contributed by atoms with Gasteiger partial charge in [0, 0.05) is 44.0 Å². The maximum Gasteiger partial charge on any atom is 0.232 e. The van der Waals surface area contributed by atoms with Crippen molar-refractivity contribution in [3.63, 3.8) is 0 Å². The van der Waals surface area contributed by atoms with Gasteiger partial charge in [0.05, 0.1) is 5.75 Å². The Labute approximate surface area is 184 Å². The second-order valence-corrected chi connectivity index (χ2v) is 10.5. The number of carbonyl (C=O) groups is 1. The highest BCUT2D eigenvalue weighted by atomic mass is 32.2. The molecule has 0 fully saturated rings. The third-order valence-corrected chi connectivity index (χ3v) is 7.21. The Morgan fingerprint density at radius 3 is 2.13 bits per heavy atom. The lowest BCUT2D eigenvalue weighted by molar-refractivity contribution is -0.139. The number of nitrogens with one attached hydrogen (secondary N) is 1. The number of benzene rings is 1. The Morgan fingerprint density at radius 2 is 1.67 bits per heavy atom. The van der Waals surface area contributed by atoms with E-state index in [1.807, 2.05) is 43.0 Å². The Kier molecular flexibility index (Phi) is 10.1. The van der Waals surface area contributed by atoms with E-state index in [1.54, 1.807) is 6.07 Å². The molecule has 0 spiro atoms. The summed E-state index contributed by atoms with van der Waals surface area (Å²) in [6.07, 6.45) is 2.18. The van der Waals surface area contributed by atoms with Crippen LogP contribution >= 0.6 is 0 Å². The smallest absolute Gasteiger partial charge is 0.232 e. The van der Waals surface area contributed by atoms with Crippen molar-refractivity contribution in [2.45, 2.75) is 73.4 Å². The van der Waals surface area contributed by atoms with Gasteiger partial charge >= 0.3 is 0 Å². The first kappa shape index (κ1) is 26.3. The van der Waals surface area contributed by atoms with Crippen LogP contribution in [0.4, 0.5) is 11.4 Å². The van der Waals surface area contributed by atoms with Crippen LogP contribution in [0.1, 0.15) is 66.4 Å². The minimum atomic E-state index is -3.37. The molecule has 1 rings (SSSR count). The Hall–Kier alpha value is -1.76. The summed E-state index contributed by atoms with van der Waals surface area (Å²) < 4.78 is 27.2. The highest BCUT2D eigenvalue weighted by molar-refractivity contribution is 7.92. The highest BCUT2D eigenvalue weighted by Gasteiger charge is 2.28. The molecule has 1 amide bonds. The topological polar surface area (TPSA) is 69.7 Å². The van der Waals surface area contributed by atoms with Crippen LogP contribution in [-0.4, -0.2) is 45.1 Å². The molecular formula is C23H41N3O3S. The van der Waals surface area contributed by atoms with Gasteiger partial charge in [-0.15, -0.1) is 0 Å². The lowest BCUT2D eigenvalue weighted by Gasteiger charge is -2.35. The van der Waals surface area contributed by atoms with Crippen LogP contribution in [0.15, 0.2) is 18.2 Å². The standard InChI is InChI=1S/C23H41N3O3S/c1-9-14-30(28,29)24-21-12-13-22(25(7)8)20(15-21)16-26(18(6)17(4)5)23(27)19(10-2)11-3/h12-13,15,17-19,24H,9-11,14,16H2,1-8H3. The molecule has 0 heterocycles. The summed E-state index contributed by atoms with van der Waals surface area (Å²) in [5.41, 5.74) is 2.45. The van der Waals surface area contributed by atoms with E-state index < -0.39 is 10.0 Å². The first-order chi connectivity index (χ1) is 14.0. The SMILES string of the molecule is CCCS(=O)(=O)Nc1ccc(N(C)C)c(CN(C(=O)C(CC)CC)C(C)C(C)C)c1. The molecule has 172 valence electrons. The first-order valence-corrected chi connectivity index (χ1v) is 12.7. The lowest BCUT2D eigenvalue weighted by Crippen LogP contribution is -2.44. The Balaban J connectivity index is 3.37. The number of sulfonamides is 1. The first-order valence-electron chi connectivity index (χ1n) is 11.1. The number of carbonyl (C=O) groups excluding carboxylic acids is 1. The van der Waals surface area contributed by atoms with Crippen molar-refractivity contribution in [1.29, 1.82) is 0 Å². The minimum absolute atomic E-state index is 0.000228. The van der Waals surface area contributed by atoms with E-state index in [2.05, 4.69) is 39.3 Å². The minimum Gasteiger partial charge on any atom is -0.377 e. The van der Waals surface area contributed by atoms with Crippen LogP contribution in [0, 0.1) is 11.8 Å². The molecule has 1 aromatic rings. The molecule has 0 radical (unpaired) electrons. The number of rotatable bonds is 12. The zero-order valence-electron chi connectivity index (χ0n) is 20.0. The molecular weight excluding hydrogens is 398 g/mol.